The smallest absolute Gasteiger partial charge is 0.328 e. The average molecular weight is 415 g/mol. The number of nitrogens with zero attached hydrogens (tertiary/aromatic N) is 1. The molecule has 0 bridgehead atoms. The van der Waals surface area contributed by atoms with E-state index in [1.807, 2.05) is 65.4 Å². The molecule has 4 rings (SSSR count). The number of carbonyl (C=O) groups excluding carboxylic acids is 3. The minimum atomic E-state index is -0.816. The van der Waals surface area contributed by atoms with Crippen LogP contribution in [0.25, 0.3) is 17.0 Å². The van der Waals surface area contributed by atoms with Gasteiger partial charge in [0.1, 0.15) is 17.9 Å². The van der Waals surface area contributed by atoms with Gasteiger partial charge < -0.3 is 9.30 Å². The minimum absolute atomic E-state index is 0.114. The number of para-hydroxylation sites is 2. The number of benzene rings is 2. The maximum atomic E-state index is 12.1. The predicted octanol–water partition coefficient (Wildman–Crippen LogP) is 3.20. The Hall–Kier alpha value is -4.13. The van der Waals surface area contributed by atoms with Gasteiger partial charge in [0.2, 0.25) is 0 Å². The number of carbonyl (C=O) groups is 3. The Morgan fingerprint density at radius 2 is 1.68 bits per heavy atom. The molecule has 2 N–H and O–H groups in total. The SMILES string of the molecule is C=CCc1ccccc1OCCn1cc(C=C2C(=O)NC(=O)NC2=O)c2ccccc21. The first-order valence-electron chi connectivity index (χ1n) is 9.84. The van der Waals surface area contributed by atoms with Gasteiger partial charge >= 0.3 is 6.03 Å². The summed E-state index contributed by atoms with van der Waals surface area (Å²) in [4.78, 5) is 35.4. The van der Waals surface area contributed by atoms with Gasteiger partial charge in [0.25, 0.3) is 11.8 Å². The summed E-state index contributed by atoms with van der Waals surface area (Å²) >= 11 is 0. The molecular weight excluding hydrogens is 394 g/mol. The van der Waals surface area contributed by atoms with Crippen molar-refractivity contribution in [2.45, 2.75) is 13.0 Å². The van der Waals surface area contributed by atoms with Gasteiger partial charge in [0.05, 0.1) is 6.54 Å². The molecule has 156 valence electrons. The number of fused-ring (bicyclic) bond motifs is 1. The number of hydrogen-bond acceptors (Lipinski definition) is 4. The summed E-state index contributed by atoms with van der Waals surface area (Å²) in [6.45, 7) is 4.80. The van der Waals surface area contributed by atoms with E-state index in [1.54, 1.807) is 0 Å². The highest BCUT2D eigenvalue weighted by atomic mass is 16.5. The Morgan fingerprint density at radius 3 is 2.45 bits per heavy atom. The molecule has 0 aliphatic carbocycles. The van der Waals surface area contributed by atoms with Crippen molar-refractivity contribution < 1.29 is 19.1 Å². The zero-order chi connectivity index (χ0) is 21.8. The fraction of sp³-hybridized carbons (Fsp3) is 0.125. The van der Waals surface area contributed by atoms with Crippen molar-refractivity contribution in [3.8, 4) is 5.75 Å². The number of aromatic nitrogens is 1. The van der Waals surface area contributed by atoms with Crippen LogP contribution in [-0.2, 0) is 22.6 Å². The van der Waals surface area contributed by atoms with E-state index in [-0.39, 0.29) is 5.57 Å². The molecule has 3 aromatic rings. The van der Waals surface area contributed by atoms with E-state index in [9.17, 15) is 14.4 Å². The van der Waals surface area contributed by atoms with E-state index in [0.29, 0.717) is 18.7 Å². The van der Waals surface area contributed by atoms with Crippen molar-refractivity contribution in [2.24, 2.45) is 0 Å². The maximum Gasteiger partial charge on any atom is 0.328 e. The molecule has 1 fully saturated rings. The molecular formula is C24H21N3O4. The van der Waals surface area contributed by atoms with E-state index < -0.39 is 17.8 Å². The molecule has 0 atom stereocenters. The number of amides is 4. The van der Waals surface area contributed by atoms with Crippen molar-refractivity contribution in [1.82, 2.24) is 15.2 Å². The molecule has 7 nitrogen and oxygen atoms in total. The van der Waals surface area contributed by atoms with Crippen LogP contribution in [0.5, 0.6) is 5.75 Å². The van der Waals surface area contributed by atoms with Gasteiger partial charge in [0, 0.05) is 22.7 Å². The predicted molar refractivity (Wildman–Crippen MR) is 117 cm³/mol. The standard InChI is InChI=1S/C24H21N3O4/c1-2-7-16-8-3-6-11-21(16)31-13-12-27-15-17(18-9-4-5-10-20(18)27)14-19-22(28)25-24(30)26-23(19)29/h2-6,8-11,14-15H,1,7,12-13H2,(H2,25,26,28,29,30). The molecule has 7 heteroatoms. The van der Waals surface area contributed by atoms with Crippen molar-refractivity contribution >= 4 is 34.8 Å². The van der Waals surface area contributed by atoms with Gasteiger partial charge in [-0.1, -0.05) is 42.5 Å². The third-order valence-electron chi connectivity index (χ3n) is 4.99. The molecule has 4 amide bonds. The number of imide groups is 2. The van der Waals surface area contributed by atoms with E-state index >= 15 is 0 Å². The molecule has 0 unspecified atom stereocenters. The summed E-state index contributed by atoms with van der Waals surface area (Å²) < 4.78 is 8.01. The number of hydrogen-bond donors (Lipinski definition) is 2. The van der Waals surface area contributed by atoms with Gasteiger partial charge in [-0.2, -0.15) is 0 Å². The Labute approximate surface area is 179 Å². The van der Waals surface area contributed by atoms with Gasteiger partial charge in [-0.25, -0.2) is 4.79 Å². The highest BCUT2D eigenvalue weighted by Gasteiger charge is 2.28. The molecule has 1 aliphatic rings. The quantitative estimate of drug-likeness (QED) is 0.352. The summed E-state index contributed by atoms with van der Waals surface area (Å²) in [5.74, 6) is -0.609. The molecule has 2 heterocycles. The summed E-state index contributed by atoms with van der Waals surface area (Å²) in [6.07, 6.45) is 5.93. The van der Waals surface area contributed by atoms with E-state index in [1.165, 1.54) is 6.08 Å². The molecule has 0 saturated carbocycles. The van der Waals surface area contributed by atoms with Crippen LogP contribution < -0.4 is 15.4 Å². The summed E-state index contributed by atoms with van der Waals surface area (Å²) in [5.41, 5.74) is 2.61. The van der Waals surface area contributed by atoms with E-state index in [2.05, 4.69) is 17.2 Å². The van der Waals surface area contributed by atoms with Crippen LogP contribution in [0.4, 0.5) is 4.79 Å². The molecule has 1 aliphatic heterocycles. The zero-order valence-corrected chi connectivity index (χ0v) is 16.8. The zero-order valence-electron chi connectivity index (χ0n) is 16.8. The number of allylic oxidation sites excluding steroid dienone is 1. The van der Waals surface area contributed by atoms with E-state index in [4.69, 9.17) is 4.74 Å². The molecule has 2 aromatic carbocycles. The average Bonchev–Trinajstić information content (AvgIpc) is 3.10. The highest BCUT2D eigenvalue weighted by Crippen LogP contribution is 2.25. The van der Waals surface area contributed by atoms with Gasteiger partial charge in [0.15, 0.2) is 0 Å². The van der Waals surface area contributed by atoms with Crippen LogP contribution in [0.2, 0.25) is 0 Å². The first-order chi connectivity index (χ1) is 15.1. The Morgan fingerprint density at radius 1 is 0.968 bits per heavy atom. The first kappa shape index (κ1) is 20.2. The summed E-state index contributed by atoms with van der Waals surface area (Å²) in [5, 5.41) is 5.07. The molecule has 0 spiro atoms. The van der Waals surface area contributed by atoms with Gasteiger partial charge in [-0.15, -0.1) is 6.58 Å². The van der Waals surface area contributed by atoms with Gasteiger partial charge in [-0.3, -0.25) is 20.2 Å². The Balaban J connectivity index is 1.58. The number of barbiturate groups is 1. The Kier molecular flexibility index (Phi) is 5.66. The third kappa shape index (κ3) is 4.25. The summed E-state index contributed by atoms with van der Waals surface area (Å²) in [6, 6.07) is 14.7. The van der Waals surface area contributed by atoms with Gasteiger partial charge in [-0.05, 0) is 30.2 Å². The fourth-order valence-electron chi connectivity index (χ4n) is 3.56. The lowest BCUT2D eigenvalue weighted by Crippen LogP contribution is -2.51. The number of urea groups is 1. The van der Waals surface area contributed by atoms with Crippen LogP contribution in [0.15, 0.2) is 73.0 Å². The largest absolute Gasteiger partial charge is 0.491 e. The number of nitrogens with one attached hydrogen (secondary N) is 2. The van der Waals surface area contributed by atoms with E-state index in [0.717, 1.165) is 28.6 Å². The van der Waals surface area contributed by atoms with Crippen molar-refractivity contribution in [2.75, 3.05) is 6.61 Å². The molecule has 0 radical (unpaired) electrons. The number of rotatable bonds is 7. The normalized spacial score (nSPS) is 13.7. The fourth-order valence-corrected chi connectivity index (χ4v) is 3.56. The third-order valence-corrected chi connectivity index (χ3v) is 4.99. The van der Waals surface area contributed by atoms with Crippen molar-refractivity contribution in [3.05, 3.63) is 84.1 Å². The second-order valence-corrected chi connectivity index (χ2v) is 7.04. The van der Waals surface area contributed by atoms with Crippen molar-refractivity contribution in [1.29, 1.82) is 0 Å². The van der Waals surface area contributed by atoms with Crippen LogP contribution in [0.3, 0.4) is 0 Å². The lowest BCUT2D eigenvalue weighted by molar-refractivity contribution is -0.123. The van der Waals surface area contributed by atoms with Crippen LogP contribution in [0, 0.1) is 0 Å². The van der Waals surface area contributed by atoms with Crippen LogP contribution >= 0.6 is 0 Å². The van der Waals surface area contributed by atoms with Crippen molar-refractivity contribution in [3.63, 3.8) is 0 Å². The summed E-state index contributed by atoms with van der Waals surface area (Å²) in [7, 11) is 0. The lowest BCUT2D eigenvalue weighted by Gasteiger charge is -2.13. The molecule has 1 saturated heterocycles. The van der Waals surface area contributed by atoms with Crippen LogP contribution in [-0.4, -0.2) is 29.0 Å². The molecule has 31 heavy (non-hydrogen) atoms. The van der Waals surface area contributed by atoms with Crippen LogP contribution in [0.1, 0.15) is 11.1 Å². The second kappa shape index (κ2) is 8.71. The maximum absolute atomic E-state index is 12.1. The second-order valence-electron chi connectivity index (χ2n) is 7.04. The lowest BCUT2D eigenvalue weighted by atomic mass is 10.1. The number of ether oxygens (including phenoxy) is 1. The first-order valence-corrected chi connectivity index (χ1v) is 9.84. The minimum Gasteiger partial charge on any atom is -0.491 e. The molecule has 1 aromatic heterocycles. The Bertz CT molecular complexity index is 1200. The monoisotopic (exact) mass is 415 g/mol. The highest BCUT2D eigenvalue weighted by molar-refractivity contribution is 6.31. The topological polar surface area (TPSA) is 89.4 Å².